The lowest BCUT2D eigenvalue weighted by molar-refractivity contribution is -0.126. The van der Waals surface area contributed by atoms with Crippen molar-refractivity contribution in [2.24, 2.45) is 5.92 Å². The fourth-order valence-electron chi connectivity index (χ4n) is 3.17. The zero-order valence-corrected chi connectivity index (χ0v) is 13.9. The number of fused-ring (bicyclic) bond motifs is 1. The number of ether oxygens (including phenoxy) is 2. The van der Waals surface area contributed by atoms with Crippen molar-refractivity contribution in [1.82, 2.24) is 5.32 Å². The van der Waals surface area contributed by atoms with Crippen LogP contribution in [0.15, 0.2) is 42.5 Å². The van der Waals surface area contributed by atoms with Crippen molar-refractivity contribution in [1.29, 1.82) is 0 Å². The highest BCUT2D eigenvalue weighted by molar-refractivity contribution is 6.00. The summed E-state index contributed by atoms with van der Waals surface area (Å²) in [6, 6.07) is 11.5. The summed E-state index contributed by atoms with van der Waals surface area (Å²) in [6.45, 7) is 0.688. The summed E-state index contributed by atoms with van der Waals surface area (Å²) in [4.78, 5) is 25.9. The van der Waals surface area contributed by atoms with Gasteiger partial charge in [-0.05, 0) is 29.8 Å². The summed E-state index contributed by atoms with van der Waals surface area (Å²) < 4.78 is 24.5. The van der Waals surface area contributed by atoms with Gasteiger partial charge in [0.25, 0.3) is 0 Å². The topological polar surface area (TPSA) is 67.9 Å². The van der Waals surface area contributed by atoms with Gasteiger partial charge in [0.05, 0.1) is 11.6 Å². The maximum atomic E-state index is 13.9. The number of carbonyl (C=O) groups excluding carboxylic acids is 2. The molecule has 0 radical (unpaired) electrons. The quantitative estimate of drug-likeness (QED) is 0.912. The molecular formula is C19H17FN2O4. The van der Waals surface area contributed by atoms with E-state index >= 15 is 0 Å². The van der Waals surface area contributed by atoms with E-state index in [1.807, 2.05) is 12.1 Å². The lowest BCUT2D eigenvalue weighted by Gasteiger charge is -2.17. The number of hydrogen-bond acceptors (Lipinski definition) is 4. The van der Waals surface area contributed by atoms with Crippen molar-refractivity contribution in [2.45, 2.75) is 13.0 Å². The predicted octanol–water partition coefficient (Wildman–Crippen LogP) is 2.22. The predicted molar refractivity (Wildman–Crippen MR) is 91.3 cm³/mol. The number of nitrogens with zero attached hydrogens (tertiary/aromatic N) is 1. The van der Waals surface area contributed by atoms with Crippen molar-refractivity contribution in [3.05, 3.63) is 53.8 Å². The van der Waals surface area contributed by atoms with Crippen LogP contribution in [0, 0.1) is 11.7 Å². The molecule has 134 valence electrons. The molecule has 0 aliphatic carbocycles. The first-order chi connectivity index (χ1) is 12.6. The number of amides is 2. The van der Waals surface area contributed by atoms with Gasteiger partial charge in [-0.2, -0.15) is 0 Å². The fourth-order valence-corrected chi connectivity index (χ4v) is 3.17. The van der Waals surface area contributed by atoms with E-state index in [9.17, 15) is 14.0 Å². The highest BCUT2D eigenvalue weighted by Gasteiger charge is 2.36. The number of anilines is 1. The van der Waals surface area contributed by atoms with E-state index in [0.717, 1.165) is 5.56 Å². The SMILES string of the molecule is O=C(NCc1ccc2c(c1)OCO2)[C@H]1CC(=O)N(c2ccccc2F)C1. The van der Waals surface area contributed by atoms with Gasteiger partial charge < -0.3 is 19.7 Å². The number of rotatable bonds is 4. The van der Waals surface area contributed by atoms with Gasteiger partial charge in [-0.1, -0.05) is 18.2 Å². The number of hydrogen-bond donors (Lipinski definition) is 1. The number of para-hydroxylation sites is 1. The highest BCUT2D eigenvalue weighted by atomic mass is 19.1. The van der Waals surface area contributed by atoms with Crippen LogP contribution in [0.1, 0.15) is 12.0 Å². The van der Waals surface area contributed by atoms with E-state index in [4.69, 9.17) is 9.47 Å². The Labute approximate surface area is 149 Å². The molecule has 26 heavy (non-hydrogen) atoms. The maximum absolute atomic E-state index is 13.9. The Kier molecular flexibility index (Phi) is 4.20. The largest absolute Gasteiger partial charge is 0.454 e. The van der Waals surface area contributed by atoms with Crippen molar-refractivity contribution in [3.63, 3.8) is 0 Å². The molecule has 4 rings (SSSR count). The molecule has 0 bridgehead atoms. The van der Waals surface area contributed by atoms with Crippen LogP contribution in [0.4, 0.5) is 10.1 Å². The first-order valence-electron chi connectivity index (χ1n) is 8.33. The van der Waals surface area contributed by atoms with Gasteiger partial charge in [0.15, 0.2) is 11.5 Å². The molecule has 1 saturated heterocycles. The summed E-state index contributed by atoms with van der Waals surface area (Å²) in [6.07, 6.45) is 0.0707. The third kappa shape index (κ3) is 3.08. The van der Waals surface area contributed by atoms with Crippen molar-refractivity contribution in [3.8, 4) is 11.5 Å². The Hall–Kier alpha value is -3.09. The number of halogens is 1. The summed E-state index contributed by atoms with van der Waals surface area (Å²) in [5.41, 5.74) is 1.08. The molecule has 7 heteroatoms. The summed E-state index contributed by atoms with van der Waals surface area (Å²) >= 11 is 0. The molecule has 1 atom stereocenters. The van der Waals surface area contributed by atoms with Gasteiger partial charge in [-0.15, -0.1) is 0 Å². The normalized spacial score (nSPS) is 18.3. The second kappa shape index (κ2) is 6.67. The lowest BCUT2D eigenvalue weighted by atomic mass is 10.1. The molecule has 0 unspecified atom stereocenters. The van der Waals surface area contributed by atoms with E-state index in [1.165, 1.54) is 11.0 Å². The molecule has 0 spiro atoms. The smallest absolute Gasteiger partial charge is 0.231 e. The van der Waals surface area contributed by atoms with Crippen LogP contribution in [0.3, 0.4) is 0 Å². The minimum absolute atomic E-state index is 0.0707. The average Bonchev–Trinajstić information content (AvgIpc) is 3.26. The number of benzene rings is 2. The molecule has 0 saturated carbocycles. The molecule has 2 aliphatic rings. The zero-order chi connectivity index (χ0) is 18.1. The zero-order valence-electron chi connectivity index (χ0n) is 13.9. The van der Waals surface area contributed by atoms with E-state index in [1.54, 1.807) is 24.3 Å². The minimum atomic E-state index is -0.504. The first-order valence-corrected chi connectivity index (χ1v) is 8.33. The van der Waals surface area contributed by atoms with E-state index in [-0.39, 0.29) is 37.3 Å². The van der Waals surface area contributed by atoms with Gasteiger partial charge >= 0.3 is 0 Å². The first kappa shape index (κ1) is 16.4. The molecule has 2 aromatic carbocycles. The number of carbonyl (C=O) groups is 2. The lowest BCUT2D eigenvalue weighted by Crippen LogP contribution is -2.32. The average molecular weight is 356 g/mol. The summed E-state index contributed by atoms with van der Waals surface area (Å²) in [5, 5.41) is 2.83. The fraction of sp³-hybridized carbons (Fsp3) is 0.263. The van der Waals surface area contributed by atoms with E-state index < -0.39 is 11.7 Å². The van der Waals surface area contributed by atoms with Gasteiger partial charge in [0.2, 0.25) is 18.6 Å². The molecule has 2 aromatic rings. The Balaban J connectivity index is 1.38. The standard InChI is InChI=1S/C19H17FN2O4/c20-14-3-1-2-4-15(14)22-10-13(8-18(22)23)19(24)21-9-12-5-6-16-17(7-12)26-11-25-16/h1-7,13H,8-11H2,(H,21,24)/t13-/m0/s1. The molecule has 2 aliphatic heterocycles. The van der Waals surface area contributed by atoms with E-state index in [0.29, 0.717) is 18.0 Å². The van der Waals surface area contributed by atoms with Crippen LogP contribution >= 0.6 is 0 Å². The second-order valence-corrected chi connectivity index (χ2v) is 6.26. The molecule has 2 heterocycles. The van der Waals surface area contributed by atoms with Crippen molar-refractivity contribution < 1.29 is 23.5 Å². The summed E-state index contributed by atoms with van der Waals surface area (Å²) in [7, 11) is 0. The monoisotopic (exact) mass is 356 g/mol. The van der Waals surface area contributed by atoms with Crippen LogP contribution in [0.2, 0.25) is 0 Å². The maximum Gasteiger partial charge on any atom is 0.231 e. The van der Waals surface area contributed by atoms with Gasteiger partial charge in [-0.3, -0.25) is 9.59 Å². The molecule has 1 N–H and O–H groups in total. The van der Waals surface area contributed by atoms with Crippen molar-refractivity contribution in [2.75, 3.05) is 18.2 Å². The Morgan fingerprint density at radius 1 is 1.19 bits per heavy atom. The van der Waals surface area contributed by atoms with Gasteiger partial charge in [0, 0.05) is 19.5 Å². The summed E-state index contributed by atoms with van der Waals surface area (Å²) in [5.74, 6) is -0.118. The van der Waals surface area contributed by atoms with Crippen LogP contribution in [0.5, 0.6) is 11.5 Å². The molecule has 1 fully saturated rings. The minimum Gasteiger partial charge on any atom is -0.454 e. The van der Waals surface area contributed by atoms with Crippen LogP contribution in [-0.2, 0) is 16.1 Å². The second-order valence-electron chi connectivity index (χ2n) is 6.26. The van der Waals surface area contributed by atoms with Crippen LogP contribution < -0.4 is 19.7 Å². The Bertz CT molecular complexity index is 870. The Morgan fingerprint density at radius 2 is 2.00 bits per heavy atom. The molecule has 0 aromatic heterocycles. The third-order valence-corrected chi connectivity index (χ3v) is 4.54. The van der Waals surface area contributed by atoms with Crippen molar-refractivity contribution >= 4 is 17.5 Å². The Morgan fingerprint density at radius 3 is 2.85 bits per heavy atom. The molecule has 2 amide bonds. The van der Waals surface area contributed by atoms with E-state index in [2.05, 4.69) is 5.32 Å². The molecular weight excluding hydrogens is 339 g/mol. The van der Waals surface area contributed by atoms with Gasteiger partial charge in [0.1, 0.15) is 5.82 Å². The molecule has 6 nitrogen and oxygen atoms in total. The third-order valence-electron chi connectivity index (χ3n) is 4.54. The van der Waals surface area contributed by atoms with Gasteiger partial charge in [-0.25, -0.2) is 4.39 Å². The number of nitrogens with one attached hydrogen (secondary N) is 1. The van der Waals surface area contributed by atoms with Crippen LogP contribution in [0.25, 0.3) is 0 Å². The highest BCUT2D eigenvalue weighted by Crippen LogP contribution is 2.32. The van der Waals surface area contributed by atoms with Crippen LogP contribution in [-0.4, -0.2) is 25.2 Å².